The maximum absolute atomic E-state index is 8.56. The van der Waals surface area contributed by atoms with Gasteiger partial charge in [-0.3, -0.25) is 0 Å². The minimum atomic E-state index is 0.653. The third kappa shape index (κ3) is 3.23. The summed E-state index contributed by atoms with van der Waals surface area (Å²) in [5.41, 5.74) is 1.68. The molecular formula is C11H12ClNO. The van der Waals surface area contributed by atoms with E-state index < -0.39 is 0 Å². The predicted octanol–water partition coefficient (Wildman–Crippen LogP) is 3.59. The highest BCUT2D eigenvalue weighted by atomic mass is 35.5. The number of rotatable bonds is 3. The molecule has 0 bridgehead atoms. The highest BCUT2D eigenvalue weighted by molar-refractivity contribution is 6.30. The molecule has 0 saturated carbocycles. The van der Waals surface area contributed by atoms with Crippen LogP contribution in [0.15, 0.2) is 35.5 Å². The average molecular weight is 210 g/mol. The Bertz CT molecular complexity index is 341. The van der Waals surface area contributed by atoms with E-state index in [1.165, 1.54) is 0 Å². The lowest BCUT2D eigenvalue weighted by molar-refractivity contribution is 0.318. The van der Waals surface area contributed by atoms with E-state index in [0.29, 0.717) is 17.2 Å². The SMILES string of the molecule is CCC(C=Cc1ccc(Cl)cc1)=NO. The minimum Gasteiger partial charge on any atom is -0.411 e. The molecule has 74 valence electrons. The maximum atomic E-state index is 8.56. The molecule has 0 heterocycles. The van der Waals surface area contributed by atoms with E-state index in [1.807, 2.05) is 37.3 Å². The highest BCUT2D eigenvalue weighted by Gasteiger charge is 1.90. The fraction of sp³-hybridized carbons (Fsp3) is 0.182. The van der Waals surface area contributed by atoms with E-state index in [4.69, 9.17) is 16.8 Å². The summed E-state index contributed by atoms with van der Waals surface area (Å²) in [6.45, 7) is 1.93. The minimum absolute atomic E-state index is 0.653. The van der Waals surface area contributed by atoms with Crippen molar-refractivity contribution in [2.75, 3.05) is 0 Å². The molecule has 0 saturated heterocycles. The van der Waals surface area contributed by atoms with Crippen LogP contribution < -0.4 is 0 Å². The molecule has 1 aromatic rings. The fourth-order valence-electron chi connectivity index (χ4n) is 0.988. The molecule has 0 aromatic heterocycles. The molecule has 0 aliphatic rings. The third-order valence-corrected chi connectivity index (χ3v) is 2.08. The van der Waals surface area contributed by atoms with Crippen LogP contribution in [0.1, 0.15) is 18.9 Å². The van der Waals surface area contributed by atoms with Gasteiger partial charge in [-0.1, -0.05) is 41.9 Å². The molecule has 1 rings (SSSR count). The van der Waals surface area contributed by atoms with Crippen LogP contribution in [0.5, 0.6) is 0 Å². The highest BCUT2D eigenvalue weighted by Crippen LogP contribution is 2.10. The summed E-state index contributed by atoms with van der Waals surface area (Å²) in [6.07, 6.45) is 4.37. The van der Waals surface area contributed by atoms with Crippen LogP contribution in [-0.2, 0) is 0 Å². The van der Waals surface area contributed by atoms with Crippen molar-refractivity contribution in [3.05, 3.63) is 40.9 Å². The van der Waals surface area contributed by atoms with Crippen LogP contribution in [0.25, 0.3) is 6.08 Å². The summed E-state index contributed by atoms with van der Waals surface area (Å²) >= 11 is 5.74. The molecule has 0 fully saturated rings. The van der Waals surface area contributed by atoms with Gasteiger partial charge in [0.15, 0.2) is 0 Å². The molecule has 0 amide bonds. The second-order valence-electron chi connectivity index (χ2n) is 2.83. The van der Waals surface area contributed by atoms with Crippen LogP contribution >= 0.6 is 11.6 Å². The van der Waals surface area contributed by atoms with Gasteiger partial charge in [-0.15, -0.1) is 0 Å². The van der Waals surface area contributed by atoms with Gasteiger partial charge in [0.05, 0.1) is 5.71 Å². The zero-order valence-corrected chi connectivity index (χ0v) is 8.70. The normalized spacial score (nSPS) is 12.3. The molecule has 0 aliphatic carbocycles. The first-order valence-electron chi connectivity index (χ1n) is 4.41. The van der Waals surface area contributed by atoms with Gasteiger partial charge < -0.3 is 5.21 Å². The number of halogens is 1. The second kappa shape index (κ2) is 5.45. The molecule has 0 aliphatic heterocycles. The molecule has 0 unspecified atom stereocenters. The smallest absolute Gasteiger partial charge is 0.0793 e. The van der Waals surface area contributed by atoms with Gasteiger partial charge in [0.2, 0.25) is 0 Å². The van der Waals surface area contributed by atoms with E-state index in [0.717, 1.165) is 5.56 Å². The molecule has 1 aromatic carbocycles. The lowest BCUT2D eigenvalue weighted by Gasteiger charge is -1.94. The van der Waals surface area contributed by atoms with E-state index in [9.17, 15) is 0 Å². The molecule has 0 spiro atoms. The molecule has 0 radical (unpaired) electrons. The van der Waals surface area contributed by atoms with E-state index in [2.05, 4.69) is 5.16 Å². The van der Waals surface area contributed by atoms with Crippen molar-refractivity contribution in [1.82, 2.24) is 0 Å². The number of allylic oxidation sites excluding steroid dienone is 1. The van der Waals surface area contributed by atoms with Gasteiger partial charge >= 0.3 is 0 Å². The fourth-order valence-corrected chi connectivity index (χ4v) is 1.11. The Balaban J connectivity index is 2.73. The van der Waals surface area contributed by atoms with Crippen LogP contribution in [-0.4, -0.2) is 10.9 Å². The summed E-state index contributed by atoms with van der Waals surface area (Å²) < 4.78 is 0. The topological polar surface area (TPSA) is 32.6 Å². The van der Waals surface area contributed by atoms with E-state index >= 15 is 0 Å². The summed E-state index contributed by atoms with van der Waals surface area (Å²) in [4.78, 5) is 0. The summed E-state index contributed by atoms with van der Waals surface area (Å²) in [5, 5.41) is 12.4. The van der Waals surface area contributed by atoms with Gasteiger partial charge in [0, 0.05) is 5.02 Å². The Labute approximate surface area is 88.5 Å². The number of nitrogens with zero attached hydrogens (tertiary/aromatic N) is 1. The summed E-state index contributed by atoms with van der Waals surface area (Å²) in [5.74, 6) is 0. The number of hydrogen-bond donors (Lipinski definition) is 1. The quantitative estimate of drug-likeness (QED) is 0.461. The summed E-state index contributed by atoms with van der Waals surface area (Å²) in [7, 11) is 0. The van der Waals surface area contributed by atoms with Crippen molar-refractivity contribution in [2.45, 2.75) is 13.3 Å². The molecular weight excluding hydrogens is 198 g/mol. The Hall–Kier alpha value is -1.28. The Morgan fingerprint density at radius 3 is 2.57 bits per heavy atom. The zero-order valence-electron chi connectivity index (χ0n) is 7.94. The zero-order chi connectivity index (χ0) is 10.4. The van der Waals surface area contributed by atoms with E-state index in [1.54, 1.807) is 6.08 Å². The van der Waals surface area contributed by atoms with Crippen LogP contribution in [0, 0.1) is 0 Å². The predicted molar refractivity (Wildman–Crippen MR) is 60.0 cm³/mol. The van der Waals surface area contributed by atoms with Gasteiger partial charge in [-0.2, -0.15) is 0 Å². The van der Waals surface area contributed by atoms with Crippen molar-refractivity contribution in [2.24, 2.45) is 5.16 Å². The number of oxime groups is 1. The molecule has 0 atom stereocenters. The Kier molecular flexibility index (Phi) is 4.20. The van der Waals surface area contributed by atoms with Gasteiger partial charge in [0.25, 0.3) is 0 Å². The van der Waals surface area contributed by atoms with Crippen molar-refractivity contribution in [1.29, 1.82) is 0 Å². The largest absolute Gasteiger partial charge is 0.411 e. The van der Waals surface area contributed by atoms with Crippen LogP contribution in [0.3, 0.4) is 0 Å². The standard InChI is InChI=1S/C11H12ClNO/c1-2-11(13-14)8-5-9-3-6-10(12)7-4-9/h3-8,14H,2H2,1H3. The second-order valence-corrected chi connectivity index (χ2v) is 3.27. The van der Waals surface area contributed by atoms with Crippen LogP contribution in [0.2, 0.25) is 5.02 Å². The monoisotopic (exact) mass is 209 g/mol. The first-order chi connectivity index (χ1) is 6.76. The first-order valence-corrected chi connectivity index (χ1v) is 4.78. The Morgan fingerprint density at radius 2 is 2.07 bits per heavy atom. The maximum Gasteiger partial charge on any atom is 0.0793 e. The lowest BCUT2D eigenvalue weighted by Crippen LogP contribution is -1.88. The molecule has 1 N–H and O–H groups in total. The van der Waals surface area contributed by atoms with Crippen molar-refractivity contribution >= 4 is 23.4 Å². The van der Waals surface area contributed by atoms with Crippen molar-refractivity contribution < 1.29 is 5.21 Å². The first kappa shape index (κ1) is 10.8. The lowest BCUT2D eigenvalue weighted by atomic mass is 10.2. The molecule has 3 heteroatoms. The van der Waals surface area contributed by atoms with Crippen LogP contribution in [0.4, 0.5) is 0 Å². The third-order valence-electron chi connectivity index (χ3n) is 1.83. The van der Waals surface area contributed by atoms with E-state index in [-0.39, 0.29) is 0 Å². The average Bonchev–Trinajstić information content (AvgIpc) is 2.22. The van der Waals surface area contributed by atoms with Crippen molar-refractivity contribution in [3.8, 4) is 0 Å². The molecule has 14 heavy (non-hydrogen) atoms. The Morgan fingerprint density at radius 1 is 1.43 bits per heavy atom. The van der Waals surface area contributed by atoms with Gasteiger partial charge in [0.1, 0.15) is 0 Å². The van der Waals surface area contributed by atoms with Crippen molar-refractivity contribution in [3.63, 3.8) is 0 Å². The number of hydrogen-bond acceptors (Lipinski definition) is 2. The van der Waals surface area contributed by atoms with Gasteiger partial charge in [-0.05, 0) is 30.2 Å². The molecule has 2 nitrogen and oxygen atoms in total. The summed E-state index contributed by atoms with van der Waals surface area (Å²) in [6, 6.07) is 7.46. The van der Waals surface area contributed by atoms with Gasteiger partial charge in [-0.25, -0.2) is 0 Å². The number of benzene rings is 1.